The lowest BCUT2D eigenvalue weighted by molar-refractivity contribution is -0.139. The highest BCUT2D eigenvalue weighted by atomic mass is 16.7. The van der Waals surface area contributed by atoms with Crippen molar-refractivity contribution in [1.82, 2.24) is 10.3 Å². The van der Waals surface area contributed by atoms with E-state index in [1.54, 1.807) is 31.2 Å². The molecule has 0 bridgehead atoms. The first-order valence-corrected chi connectivity index (χ1v) is 11.2. The lowest BCUT2D eigenvalue weighted by Crippen LogP contribution is -2.49. The van der Waals surface area contributed by atoms with E-state index in [2.05, 4.69) is 24.4 Å². The van der Waals surface area contributed by atoms with E-state index in [9.17, 15) is 9.59 Å². The molecule has 2 heterocycles. The molecule has 2 aromatic rings. The van der Waals surface area contributed by atoms with Crippen LogP contribution in [0.25, 0.3) is 0 Å². The second-order valence-electron chi connectivity index (χ2n) is 8.45. The number of hydrogen-bond acceptors (Lipinski definition) is 6. The predicted octanol–water partition coefficient (Wildman–Crippen LogP) is 3.74. The maximum absolute atomic E-state index is 12.6. The quantitative estimate of drug-likeness (QED) is 0.534. The van der Waals surface area contributed by atoms with Crippen molar-refractivity contribution < 1.29 is 23.8 Å². The number of likely N-dealkylation sites (tertiary alicyclic amines) is 1. The molecule has 0 spiro atoms. The van der Waals surface area contributed by atoms with Crippen molar-refractivity contribution in [3.05, 3.63) is 53.6 Å². The highest BCUT2D eigenvalue weighted by Crippen LogP contribution is 2.32. The van der Waals surface area contributed by atoms with Crippen molar-refractivity contribution >= 4 is 17.5 Å². The monoisotopic (exact) mass is 451 g/mol. The second-order valence-corrected chi connectivity index (χ2v) is 8.45. The summed E-state index contributed by atoms with van der Waals surface area (Å²) in [6, 6.07) is 12.6. The average molecular weight is 452 g/mol. The minimum atomic E-state index is -0.339. The van der Waals surface area contributed by atoms with Crippen LogP contribution in [0.4, 0.5) is 0 Å². The molecule has 2 aliphatic rings. The first-order valence-electron chi connectivity index (χ1n) is 11.2. The molecule has 0 radical (unpaired) electrons. The smallest absolute Gasteiger partial charge is 0.271 e. The Balaban J connectivity index is 1.30. The van der Waals surface area contributed by atoms with Crippen molar-refractivity contribution in [3.8, 4) is 17.2 Å². The van der Waals surface area contributed by atoms with E-state index in [0.717, 1.165) is 24.8 Å². The van der Waals surface area contributed by atoms with Gasteiger partial charge in [0, 0.05) is 23.2 Å². The summed E-state index contributed by atoms with van der Waals surface area (Å²) in [5.41, 5.74) is 4.47. The van der Waals surface area contributed by atoms with Gasteiger partial charge in [-0.05, 0) is 82.5 Å². The third-order valence-electron chi connectivity index (χ3n) is 6.08. The standard InChI is InChI=1S/C25H29N3O5/c1-16-5-4-6-17(2)28(16)24(29)14-31-21-10-7-19(8-11-21)25(30)27-26-18(3)20-9-12-22-23(13-20)33-15-32-22/h7-13,16-17H,4-6,14-15H2,1-3H3,(H,27,30)/b26-18-/t16-,17-/m1/s1. The van der Waals surface area contributed by atoms with Gasteiger partial charge in [0.15, 0.2) is 18.1 Å². The number of nitrogens with one attached hydrogen (secondary N) is 1. The van der Waals surface area contributed by atoms with E-state index in [1.165, 1.54) is 0 Å². The minimum absolute atomic E-state index is 0.00940. The summed E-state index contributed by atoms with van der Waals surface area (Å²) in [5, 5.41) is 4.18. The van der Waals surface area contributed by atoms with E-state index in [4.69, 9.17) is 14.2 Å². The fourth-order valence-electron chi connectivity index (χ4n) is 4.22. The topological polar surface area (TPSA) is 89.5 Å². The number of fused-ring (bicyclic) bond motifs is 1. The normalized spacial score (nSPS) is 19.8. The van der Waals surface area contributed by atoms with Crippen molar-refractivity contribution in [2.75, 3.05) is 13.4 Å². The van der Waals surface area contributed by atoms with Crippen LogP contribution in [0.1, 0.15) is 56.0 Å². The zero-order valence-corrected chi connectivity index (χ0v) is 19.2. The van der Waals surface area contributed by atoms with Crippen molar-refractivity contribution in [2.24, 2.45) is 5.10 Å². The van der Waals surface area contributed by atoms with E-state index in [-0.39, 0.29) is 37.3 Å². The minimum Gasteiger partial charge on any atom is -0.484 e. The summed E-state index contributed by atoms with van der Waals surface area (Å²) in [6.45, 7) is 6.15. The van der Waals surface area contributed by atoms with Crippen LogP contribution in [0.2, 0.25) is 0 Å². The number of ether oxygens (including phenoxy) is 3. The van der Waals surface area contributed by atoms with E-state index in [1.807, 2.05) is 23.1 Å². The molecule has 2 aliphatic heterocycles. The van der Waals surface area contributed by atoms with Gasteiger partial charge in [0.2, 0.25) is 6.79 Å². The Hall–Kier alpha value is -3.55. The van der Waals surface area contributed by atoms with Crippen molar-refractivity contribution in [3.63, 3.8) is 0 Å². The zero-order chi connectivity index (χ0) is 23.4. The van der Waals surface area contributed by atoms with Gasteiger partial charge in [0.1, 0.15) is 5.75 Å². The molecule has 0 saturated carbocycles. The second kappa shape index (κ2) is 9.94. The summed E-state index contributed by atoms with van der Waals surface area (Å²) in [4.78, 5) is 27.0. The third kappa shape index (κ3) is 5.27. The Morgan fingerprint density at radius 3 is 2.42 bits per heavy atom. The number of piperidine rings is 1. The summed E-state index contributed by atoms with van der Waals surface area (Å²) in [6.07, 6.45) is 3.20. The molecule has 33 heavy (non-hydrogen) atoms. The lowest BCUT2D eigenvalue weighted by Gasteiger charge is -2.38. The van der Waals surface area contributed by atoms with Crippen molar-refractivity contribution in [1.29, 1.82) is 0 Å². The van der Waals surface area contributed by atoms with Crippen LogP contribution in [0.5, 0.6) is 17.2 Å². The Bertz CT molecular complexity index is 1040. The van der Waals surface area contributed by atoms with Gasteiger partial charge in [-0.2, -0.15) is 5.10 Å². The number of hydrazone groups is 1. The molecule has 174 valence electrons. The van der Waals surface area contributed by atoms with Gasteiger partial charge in [-0.1, -0.05) is 0 Å². The molecule has 4 rings (SSSR count). The fraction of sp³-hybridized carbons (Fsp3) is 0.400. The number of amides is 2. The van der Waals surface area contributed by atoms with Crippen molar-refractivity contribution in [2.45, 2.75) is 52.1 Å². The van der Waals surface area contributed by atoms with Crippen LogP contribution in [-0.4, -0.2) is 47.9 Å². The molecule has 1 fully saturated rings. The largest absolute Gasteiger partial charge is 0.484 e. The molecule has 8 heteroatoms. The molecular weight excluding hydrogens is 422 g/mol. The zero-order valence-electron chi connectivity index (χ0n) is 19.2. The van der Waals surface area contributed by atoms with E-state index in [0.29, 0.717) is 28.5 Å². The van der Waals surface area contributed by atoms with E-state index < -0.39 is 0 Å². The summed E-state index contributed by atoms with van der Waals surface area (Å²) < 4.78 is 16.4. The van der Waals surface area contributed by atoms with Gasteiger partial charge >= 0.3 is 0 Å². The van der Waals surface area contributed by atoms with Gasteiger partial charge in [0.25, 0.3) is 11.8 Å². The molecule has 0 aliphatic carbocycles. The van der Waals surface area contributed by atoms with Crippen LogP contribution in [0, 0.1) is 0 Å². The number of nitrogens with zero attached hydrogens (tertiary/aromatic N) is 2. The van der Waals surface area contributed by atoms with Crippen LogP contribution in [0.3, 0.4) is 0 Å². The maximum Gasteiger partial charge on any atom is 0.271 e. The maximum atomic E-state index is 12.6. The van der Waals surface area contributed by atoms with Crippen LogP contribution in [-0.2, 0) is 4.79 Å². The first-order chi connectivity index (χ1) is 15.9. The molecule has 8 nitrogen and oxygen atoms in total. The molecule has 0 aromatic heterocycles. The van der Waals surface area contributed by atoms with Crippen LogP contribution >= 0.6 is 0 Å². The predicted molar refractivity (Wildman–Crippen MR) is 124 cm³/mol. The molecule has 1 saturated heterocycles. The summed E-state index contributed by atoms with van der Waals surface area (Å²) in [5.74, 6) is 1.54. The van der Waals surface area contributed by atoms with Gasteiger partial charge in [-0.25, -0.2) is 5.43 Å². The Labute approximate surface area is 193 Å². The highest BCUT2D eigenvalue weighted by molar-refractivity contribution is 6.01. The number of carbonyl (C=O) groups excluding carboxylic acids is 2. The highest BCUT2D eigenvalue weighted by Gasteiger charge is 2.29. The molecule has 1 N–H and O–H groups in total. The van der Waals surface area contributed by atoms with E-state index >= 15 is 0 Å². The number of benzene rings is 2. The lowest BCUT2D eigenvalue weighted by atomic mass is 9.97. The van der Waals surface area contributed by atoms with Gasteiger partial charge in [-0.15, -0.1) is 0 Å². The number of rotatable bonds is 6. The van der Waals surface area contributed by atoms with Crippen LogP contribution in [0.15, 0.2) is 47.6 Å². The Kier molecular flexibility index (Phi) is 6.82. The summed E-state index contributed by atoms with van der Waals surface area (Å²) in [7, 11) is 0. The average Bonchev–Trinajstić information content (AvgIpc) is 3.29. The molecular formula is C25H29N3O5. The Morgan fingerprint density at radius 2 is 1.70 bits per heavy atom. The molecule has 2 amide bonds. The molecule has 2 aromatic carbocycles. The number of hydrogen-bond donors (Lipinski definition) is 1. The molecule has 2 atom stereocenters. The Morgan fingerprint density at radius 1 is 1.03 bits per heavy atom. The number of carbonyl (C=O) groups is 2. The SMILES string of the molecule is C/C(=N/NC(=O)c1ccc(OCC(=O)N2[C@H](C)CCC[C@H]2C)cc1)c1ccc2c(c1)OCO2. The third-order valence-corrected chi connectivity index (χ3v) is 6.08. The van der Waals surface area contributed by atoms with Gasteiger partial charge < -0.3 is 19.1 Å². The van der Waals surface area contributed by atoms with Crippen LogP contribution < -0.4 is 19.6 Å². The fourth-order valence-corrected chi connectivity index (χ4v) is 4.22. The first kappa shape index (κ1) is 22.6. The van der Waals surface area contributed by atoms with Gasteiger partial charge in [-0.3, -0.25) is 9.59 Å². The summed E-state index contributed by atoms with van der Waals surface area (Å²) >= 11 is 0. The molecule has 0 unspecified atom stereocenters. The van der Waals surface area contributed by atoms with Gasteiger partial charge in [0.05, 0.1) is 5.71 Å².